The quantitative estimate of drug-likeness (QED) is 0.739. The van der Waals surface area contributed by atoms with Crippen LogP contribution in [0.25, 0.3) is 10.9 Å². The second-order valence-electron chi connectivity index (χ2n) is 6.88. The zero-order chi connectivity index (χ0) is 17.2. The summed E-state index contributed by atoms with van der Waals surface area (Å²) in [6.45, 7) is 3.66. The van der Waals surface area contributed by atoms with Gasteiger partial charge in [-0.25, -0.2) is 4.79 Å². The van der Waals surface area contributed by atoms with Crippen LogP contribution in [-0.4, -0.2) is 48.1 Å². The molecule has 3 N–H and O–H groups in total. The Morgan fingerprint density at radius 2 is 2.08 bits per heavy atom. The Balaban J connectivity index is 1.64. The Hall–Kier alpha value is -1.99. The van der Waals surface area contributed by atoms with E-state index in [0.717, 1.165) is 10.9 Å². The molecule has 0 saturated carbocycles. The summed E-state index contributed by atoms with van der Waals surface area (Å²) < 4.78 is -0.582. The summed E-state index contributed by atoms with van der Waals surface area (Å²) in [5.74, 6) is -1.91. The number of β-lactam (4-membered cyclic amide) rings is 1. The summed E-state index contributed by atoms with van der Waals surface area (Å²) in [5, 5.41) is 20.8. The van der Waals surface area contributed by atoms with Crippen LogP contribution in [0.3, 0.4) is 0 Å². The molecule has 2 aliphatic rings. The number of aromatic nitrogens is 1. The minimum atomic E-state index is -0.998. The van der Waals surface area contributed by atoms with E-state index in [4.69, 9.17) is 0 Å². The number of hydrogen-bond donors (Lipinski definition) is 3. The fourth-order valence-corrected chi connectivity index (χ4v) is 5.50. The molecule has 0 bridgehead atoms. The van der Waals surface area contributed by atoms with E-state index in [1.54, 1.807) is 0 Å². The Kier molecular flexibility index (Phi) is 3.24. The van der Waals surface area contributed by atoms with Crippen LogP contribution >= 0.6 is 11.8 Å². The van der Waals surface area contributed by atoms with Crippen LogP contribution in [0.5, 0.6) is 0 Å². The topological polar surface area (TPSA) is 93.6 Å². The van der Waals surface area contributed by atoms with Crippen molar-refractivity contribution in [1.29, 1.82) is 0 Å². The van der Waals surface area contributed by atoms with Crippen LogP contribution in [0, 0.1) is 5.92 Å². The summed E-state index contributed by atoms with van der Waals surface area (Å²) in [6, 6.07) is 8.65. The predicted molar refractivity (Wildman–Crippen MR) is 90.5 cm³/mol. The van der Waals surface area contributed by atoms with E-state index in [2.05, 4.69) is 4.98 Å². The lowest BCUT2D eigenvalue weighted by molar-refractivity contribution is -0.169. The number of hydrogen-bond acceptors (Lipinski definition) is 4. The number of aliphatic carboxylic acids is 1. The minimum Gasteiger partial charge on any atom is -0.480 e. The van der Waals surface area contributed by atoms with E-state index in [1.807, 2.05) is 44.2 Å². The maximum Gasteiger partial charge on any atom is 0.327 e. The molecule has 0 aliphatic carbocycles. The highest BCUT2D eigenvalue weighted by atomic mass is 32.2. The average molecular weight is 346 g/mol. The van der Waals surface area contributed by atoms with Crippen LogP contribution < -0.4 is 0 Å². The molecule has 2 aliphatic heterocycles. The van der Waals surface area contributed by atoms with E-state index in [0.29, 0.717) is 5.69 Å². The number of nitrogens with one attached hydrogen (secondary N) is 1. The van der Waals surface area contributed by atoms with Crippen molar-refractivity contribution in [3.63, 3.8) is 0 Å². The van der Waals surface area contributed by atoms with E-state index >= 15 is 0 Å². The van der Waals surface area contributed by atoms with Crippen molar-refractivity contribution in [3.05, 3.63) is 36.0 Å². The Labute approximate surface area is 142 Å². The van der Waals surface area contributed by atoms with Crippen LogP contribution in [-0.2, 0) is 9.59 Å². The standard InChI is InChI=1S/C17H18N2O4S/c1-17(2)13(16(22)23)19-14(21)11(15(19)24-17)12(20)10-7-8-5-3-4-6-9(8)18-10/h3-7,11-13,15,18,20H,1-2H3,(H,22,23)/t11-,12?,13+,15-/m1/s1. The highest BCUT2D eigenvalue weighted by molar-refractivity contribution is 8.01. The number of carbonyl (C=O) groups is 2. The molecular formula is C17H18N2O4S. The van der Waals surface area contributed by atoms with Crippen LogP contribution in [0.2, 0.25) is 0 Å². The molecule has 4 rings (SSSR count). The molecule has 0 radical (unpaired) electrons. The number of carboxylic acid groups (broad SMARTS) is 1. The number of para-hydroxylation sites is 1. The fourth-order valence-electron chi connectivity index (χ4n) is 3.78. The van der Waals surface area contributed by atoms with Crippen molar-refractivity contribution >= 4 is 34.5 Å². The number of nitrogens with zero attached hydrogens (tertiary/aromatic N) is 1. The highest BCUT2D eigenvalue weighted by Crippen LogP contribution is 2.55. The lowest BCUT2D eigenvalue weighted by Crippen LogP contribution is -2.63. The van der Waals surface area contributed by atoms with Crippen molar-refractivity contribution in [3.8, 4) is 0 Å². The number of rotatable bonds is 3. The monoisotopic (exact) mass is 346 g/mol. The first-order valence-corrected chi connectivity index (χ1v) is 8.68. The number of fused-ring (bicyclic) bond motifs is 2. The largest absolute Gasteiger partial charge is 0.480 e. The number of aromatic amines is 1. The van der Waals surface area contributed by atoms with Gasteiger partial charge >= 0.3 is 5.97 Å². The smallest absolute Gasteiger partial charge is 0.327 e. The van der Waals surface area contributed by atoms with E-state index in [9.17, 15) is 19.8 Å². The van der Waals surface area contributed by atoms with Crippen molar-refractivity contribution in [2.75, 3.05) is 0 Å². The molecule has 1 aromatic carbocycles. The first kappa shape index (κ1) is 15.5. The van der Waals surface area contributed by atoms with Crippen LogP contribution in [0.1, 0.15) is 25.6 Å². The van der Waals surface area contributed by atoms with Gasteiger partial charge in [0.1, 0.15) is 12.1 Å². The number of thioether (sulfide) groups is 1. The molecule has 0 spiro atoms. The second-order valence-corrected chi connectivity index (χ2v) is 8.65. The van der Waals surface area contributed by atoms with Crippen molar-refractivity contribution < 1.29 is 19.8 Å². The van der Waals surface area contributed by atoms with Gasteiger partial charge in [-0.3, -0.25) is 4.79 Å². The zero-order valence-corrected chi connectivity index (χ0v) is 14.1. The van der Waals surface area contributed by atoms with Gasteiger partial charge in [0.2, 0.25) is 5.91 Å². The Morgan fingerprint density at radius 3 is 2.75 bits per heavy atom. The zero-order valence-electron chi connectivity index (χ0n) is 13.3. The lowest BCUT2D eigenvalue weighted by atomic mass is 9.86. The normalized spacial score (nSPS) is 29.4. The average Bonchev–Trinajstić information content (AvgIpc) is 3.04. The fraction of sp³-hybridized carbons (Fsp3) is 0.412. The summed E-state index contributed by atoms with van der Waals surface area (Å²) in [4.78, 5) is 28.7. The summed E-state index contributed by atoms with van der Waals surface area (Å²) in [5.41, 5.74) is 1.49. The Morgan fingerprint density at radius 1 is 1.38 bits per heavy atom. The molecule has 2 aromatic rings. The van der Waals surface area contributed by atoms with Crippen LogP contribution in [0.4, 0.5) is 0 Å². The van der Waals surface area contributed by atoms with Crippen molar-refractivity contribution in [2.24, 2.45) is 5.92 Å². The number of H-pyrrole nitrogens is 1. The maximum absolute atomic E-state index is 12.6. The predicted octanol–water partition coefficient (Wildman–Crippen LogP) is 1.96. The molecule has 1 unspecified atom stereocenters. The molecule has 126 valence electrons. The van der Waals surface area contributed by atoms with Gasteiger partial charge in [0, 0.05) is 16.0 Å². The van der Waals surface area contributed by atoms with Gasteiger partial charge in [-0.15, -0.1) is 11.8 Å². The molecule has 7 heteroatoms. The minimum absolute atomic E-state index is 0.295. The first-order valence-electron chi connectivity index (χ1n) is 7.80. The molecular weight excluding hydrogens is 328 g/mol. The molecule has 2 fully saturated rings. The molecule has 6 nitrogen and oxygen atoms in total. The van der Waals surface area contributed by atoms with E-state index in [-0.39, 0.29) is 11.3 Å². The molecule has 1 amide bonds. The van der Waals surface area contributed by atoms with Crippen molar-refractivity contribution in [2.45, 2.75) is 36.1 Å². The summed E-state index contributed by atoms with van der Waals surface area (Å²) in [6.07, 6.45) is -0.970. The van der Waals surface area contributed by atoms with Gasteiger partial charge in [-0.1, -0.05) is 18.2 Å². The third-order valence-electron chi connectivity index (χ3n) is 4.93. The van der Waals surface area contributed by atoms with Gasteiger partial charge in [-0.05, 0) is 31.4 Å². The number of amides is 1. The molecule has 24 heavy (non-hydrogen) atoms. The number of carbonyl (C=O) groups excluding carboxylic acids is 1. The van der Waals surface area contributed by atoms with Gasteiger partial charge in [0.15, 0.2) is 0 Å². The molecule has 3 heterocycles. The lowest BCUT2D eigenvalue weighted by Gasteiger charge is -2.45. The second kappa shape index (κ2) is 5.00. The van der Waals surface area contributed by atoms with Crippen molar-refractivity contribution in [1.82, 2.24) is 9.88 Å². The molecule has 4 atom stereocenters. The molecule has 1 aromatic heterocycles. The highest BCUT2D eigenvalue weighted by Gasteiger charge is 2.65. The SMILES string of the molecule is CC1(C)S[C@@H]2[C@H](C(O)c3cc4ccccc4[nH]3)C(=O)N2[C@H]1C(=O)O. The van der Waals surface area contributed by atoms with E-state index < -0.39 is 28.8 Å². The number of aliphatic hydroxyl groups excluding tert-OH is 1. The third kappa shape index (κ3) is 2.01. The third-order valence-corrected chi connectivity index (χ3v) is 6.52. The van der Waals surface area contributed by atoms with Crippen LogP contribution in [0.15, 0.2) is 30.3 Å². The summed E-state index contributed by atoms with van der Waals surface area (Å²) >= 11 is 1.45. The first-order chi connectivity index (χ1) is 11.3. The van der Waals surface area contributed by atoms with E-state index in [1.165, 1.54) is 16.7 Å². The maximum atomic E-state index is 12.6. The molecule has 2 saturated heterocycles. The van der Waals surface area contributed by atoms with Gasteiger partial charge < -0.3 is 20.1 Å². The number of carboxylic acids is 1. The summed E-state index contributed by atoms with van der Waals surface area (Å²) in [7, 11) is 0. The van der Waals surface area contributed by atoms with Gasteiger partial charge in [-0.2, -0.15) is 0 Å². The number of aliphatic hydroxyl groups is 1. The number of benzene rings is 1. The Bertz CT molecular complexity index is 813. The van der Waals surface area contributed by atoms with Gasteiger partial charge in [0.05, 0.1) is 11.3 Å². The van der Waals surface area contributed by atoms with Gasteiger partial charge in [0.25, 0.3) is 0 Å².